The van der Waals surface area contributed by atoms with Gasteiger partial charge in [0, 0.05) is 0 Å². The van der Waals surface area contributed by atoms with Crippen LogP contribution in [0.15, 0.2) is 21.1 Å². The minimum atomic E-state index is -1.38. The van der Waals surface area contributed by atoms with Crippen LogP contribution in [0.3, 0.4) is 0 Å². The lowest BCUT2D eigenvalue weighted by Gasteiger charge is -2.38. The molecular formula is C14H16Br2O7. The van der Waals surface area contributed by atoms with E-state index in [2.05, 4.69) is 31.9 Å². The van der Waals surface area contributed by atoms with E-state index in [9.17, 15) is 25.2 Å². The van der Waals surface area contributed by atoms with Crippen LogP contribution >= 0.6 is 31.9 Å². The minimum absolute atomic E-state index is 0.0430. The van der Waals surface area contributed by atoms with Crippen molar-refractivity contribution in [3.05, 3.63) is 26.6 Å². The fraction of sp³-hybridized carbons (Fsp3) is 0.500. The number of esters is 1. The van der Waals surface area contributed by atoms with Gasteiger partial charge < -0.3 is 29.9 Å². The van der Waals surface area contributed by atoms with Gasteiger partial charge in [-0.05, 0) is 50.9 Å². The van der Waals surface area contributed by atoms with Crippen molar-refractivity contribution < 1.29 is 34.7 Å². The smallest absolute Gasteiger partial charge is 0.338 e. The van der Waals surface area contributed by atoms with Crippen LogP contribution in [0.2, 0.25) is 0 Å². The second kappa shape index (κ2) is 7.45. The van der Waals surface area contributed by atoms with E-state index in [1.54, 1.807) is 6.92 Å². The molecule has 23 heavy (non-hydrogen) atoms. The molecule has 4 N–H and O–H groups in total. The Balaban J connectivity index is 2.02. The fourth-order valence-electron chi connectivity index (χ4n) is 2.20. The Morgan fingerprint density at radius 3 is 2.30 bits per heavy atom. The number of ether oxygens (including phenoxy) is 2. The number of carbonyl (C=O) groups is 1. The molecule has 0 aliphatic carbocycles. The lowest BCUT2D eigenvalue weighted by Crippen LogP contribution is -2.57. The Labute approximate surface area is 149 Å². The number of hydrogen-bond donors (Lipinski definition) is 4. The molecular weight excluding hydrogens is 440 g/mol. The van der Waals surface area contributed by atoms with Gasteiger partial charge in [-0.1, -0.05) is 0 Å². The average Bonchev–Trinajstić information content (AvgIpc) is 2.51. The monoisotopic (exact) mass is 454 g/mol. The van der Waals surface area contributed by atoms with Crippen LogP contribution < -0.4 is 0 Å². The van der Waals surface area contributed by atoms with Crippen LogP contribution in [0, 0.1) is 0 Å². The van der Waals surface area contributed by atoms with Crippen LogP contribution in [0.25, 0.3) is 0 Å². The van der Waals surface area contributed by atoms with E-state index in [0.717, 1.165) is 0 Å². The van der Waals surface area contributed by atoms with Gasteiger partial charge in [-0.25, -0.2) is 4.79 Å². The van der Waals surface area contributed by atoms with Crippen molar-refractivity contribution in [3.8, 4) is 5.75 Å². The summed E-state index contributed by atoms with van der Waals surface area (Å²) in [5, 5.41) is 38.8. The number of halogens is 2. The van der Waals surface area contributed by atoms with Crippen molar-refractivity contribution in [1.29, 1.82) is 0 Å². The standard InChI is InChI=1S/C14H16Br2O7/c1-5-10(17)13(20)12(19)9(23-5)4-22-14(21)6-2-7(15)11(18)8(16)3-6/h2-3,5,9-10,12-13,17-20H,4H2,1H3. The average molecular weight is 456 g/mol. The lowest BCUT2D eigenvalue weighted by atomic mass is 9.96. The van der Waals surface area contributed by atoms with Crippen LogP contribution in [-0.4, -0.2) is 63.5 Å². The van der Waals surface area contributed by atoms with Crippen LogP contribution in [-0.2, 0) is 9.47 Å². The topological polar surface area (TPSA) is 116 Å². The molecule has 0 spiro atoms. The molecule has 2 rings (SSSR count). The van der Waals surface area contributed by atoms with Crippen molar-refractivity contribution in [2.45, 2.75) is 37.4 Å². The molecule has 7 nitrogen and oxygen atoms in total. The molecule has 5 atom stereocenters. The highest BCUT2D eigenvalue weighted by Crippen LogP contribution is 2.33. The molecule has 128 valence electrons. The first kappa shape index (κ1) is 18.6. The number of aliphatic hydroxyl groups excluding tert-OH is 3. The highest BCUT2D eigenvalue weighted by molar-refractivity contribution is 9.11. The molecule has 9 heteroatoms. The molecule has 1 fully saturated rings. The molecule has 0 radical (unpaired) electrons. The zero-order valence-corrected chi connectivity index (χ0v) is 15.2. The summed E-state index contributed by atoms with van der Waals surface area (Å²) in [5.41, 5.74) is 0.181. The molecule has 1 saturated heterocycles. The third-order valence-electron chi connectivity index (χ3n) is 3.58. The van der Waals surface area contributed by atoms with Crippen LogP contribution in [0.5, 0.6) is 5.75 Å². The zero-order valence-electron chi connectivity index (χ0n) is 12.0. The highest BCUT2D eigenvalue weighted by Gasteiger charge is 2.42. The summed E-state index contributed by atoms with van der Waals surface area (Å²) in [6, 6.07) is 2.78. The molecule has 5 unspecified atom stereocenters. The number of phenolic OH excluding ortho intramolecular Hbond substituents is 1. The SMILES string of the molecule is CC1OC(COC(=O)c2cc(Br)c(O)c(Br)c2)C(O)C(O)C1O. The summed E-state index contributed by atoms with van der Waals surface area (Å²) in [7, 11) is 0. The van der Waals surface area contributed by atoms with Crippen molar-refractivity contribution >= 4 is 37.8 Å². The molecule has 0 aromatic heterocycles. The van der Waals surface area contributed by atoms with Crippen LogP contribution in [0.4, 0.5) is 0 Å². The minimum Gasteiger partial charge on any atom is -0.506 e. The number of rotatable bonds is 3. The Morgan fingerprint density at radius 1 is 1.17 bits per heavy atom. The number of hydrogen-bond acceptors (Lipinski definition) is 7. The summed E-state index contributed by atoms with van der Waals surface area (Å²) in [5.74, 6) is -0.728. The van der Waals surface area contributed by atoms with Gasteiger partial charge in [0.2, 0.25) is 0 Å². The summed E-state index contributed by atoms with van der Waals surface area (Å²) < 4.78 is 11.1. The first-order valence-corrected chi connectivity index (χ1v) is 8.35. The molecule has 0 saturated carbocycles. The lowest BCUT2D eigenvalue weighted by molar-refractivity contribution is -0.224. The van der Waals surface area contributed by atoms with E-state index in [1.807, 2.05) is 0 Å². The third kappa shape index (κ3) is 4.04. The Morgan fingerprint density at radius 2 is 1.74 bits per heavy atom. The van der Waals surface area contributed by atoms with Gasteiger partial charge in [0.05, 0.1) is 20.6 Å². The molecule has 0 amide bonds. The van der Waals surface area contributed by atoms with Crippen molar-refractivity contribution in [2.75, 3.05) is 6.61 Å². The zero-order chi connectivity index (χ0) is 17.3. The summed E-state index contributed by atoms with van der Waals surface area (Å²) in [6.07, 6.45) is -5.60. The van der Waals surface area contributed by atoms with Crippen molar-refractivity contribution in [2.24, 2.45) is 0 Å². The van der Waals surface area contributed by atoms with Gasteiger partial charge in [-0.2, -0.15) is 0 Å². The quantitative estimate of drug-likeness (QED) is 0.501. The molecule has 1 aromatic carbocycles. The maximum absolute atomic E-state index is 12.0. The van der Waals surface area contributed by atoms with Crippen molar-refractivity contribution in [1.82, 2.24) is 0 Å². The molecule has 1 aliphatic heterocycles. The number of carbonyl (C=O) groups excluding carboxylic acids is 1. The Kier molecular flexibility index (Phi) is 6.04. The second-order valence-electron chi connectivity index (χ2n) is 5.24. The number of benzene rings is 1. The van der Waals surface area contributed by atoms with Crippen LogP contribution in [0.1, 0.15) is 17.3 Å². The predicted octanol–water partition coefficient (Wildman–Crippen LogP) is 0.944. The highest BCUT2D eigenvalue weighted by atomic mass is 79.9. The largest absolute Gasteiger partial charge is 0.506 e. The number of phenols is 1. The van der Waals surface area contributed by atoms with Crippen molar-refractivity contribution in [3.63, 3.8) is 0 Å². The van der Waals surface area contributed by atoms with Gasteiger partial charge in [0.15, 0.2) is 0 Å². The van der Waals surface area contributed by atoms with E-state index in [1.165, 1.54) is 12.1 Å². The van der Waals surface area contributed by atoms with E-state index in [-0.39, 0.29) is 17.9 Å². The van der Waals surface area contributed by atoms with Gasteiger partial charge in [0.25, 0.3) is 0 Å². The maximum atomic E-state index is 12.0. The number of aromatic hydroxyl groups is 1. The van der Waals surface area contributed by atoms with E-state index in [0.29, 0.717) is 8.95 Å². The molecule has 1 aliphatic rings. The predicted molar refractivity (Wildman–Crippen MR) is 86.1 cm³/mol. The number of aliphatic hydroxyl groups is 3. The fourth-order valence-corrected chi connectivity index (χ4v) is 3.39. The van der Waals surface area contributed by atoms with E-state index < -0.39 is 36.5 Å². The molecule has 0 bridgehead atoms. The third-order valence-corrected chi connectivity index (χ3v) is 4.79. The van der Waals surface area contributed by atoms with E-state index in [4.69, 9.17) is 9.47 Å². The van der Waals surface area contributed by atoms with Gasteiger partial charge >= 0.3 is 5.97 Å². The first-order chi connectivity index (χ1) is 10.7. The summed E-state index contributed by atoms with van der Waals surface area (Å²) >= 11 is 6.22. The van der Waals surface area contributed by atoms with E-state index >= 15 is 0 Å². The van der Waals surface area contributed by atoms with Gasteiger partial charge in [-0.3, -0.25) is 0 Å². The molecule has 1 aromatic rings. The Bertz CT molecular complexity index is 571. The summed E-state index contributed by atoms with van der Waals surface area (Å²) in [6.45, 7) is 1.26. The summed E-state index contributed by atoms with van der Waals surface area (Å²) in [4.78, 5) is 12.0. The normalized spacial score (nSPS) is 31.0. The second-order valence-corrected chi connectivity index (χ2v) is 6.95. The maximum Gasteiger partial charge on any atom is 0.338 e. The van der Waals surface area contributed by atoms with Gasteiger partial charge in [-0.15, -0.1) is 0 Å². The van der Waals surface area contributed by atoms with Gasteiger partial charge in [0.1, 0.15) is 36.8 Å². The Hall–Kier alpha value is -0.710. The molecule has 1 heterocycles. The first-order valence-electron chi connectivity index (χ1n) is 6.77.